The molecule has 2 atom stereocenters. The van der Waals surface area contributed by atoms with Crippen LogP contribution in [0.4, 0.5) is 4.79 Å². The van der Waals surface area contributed by atoms with Crippen molar-refractivity contribution < 1.29 is 19.1 Å². The smallest absolute Gasteiger partial charge is 0.328 e. The van der Waals surface area contributed by atoms with E-state index in [-0.39, 0.29) is 17.9 Å². The molecule has 0 saturated carbocycles. The van der Waals surface area contributed by atoms with Gasteiger partial charge in [0.2, 0.25) is 5.91 Å². The molecular formula is C32H39N5O4. The van der Waals surface area contributed by atoms with Gasteiger partial charge < -0.3 is 31.0 Å². The van der Waals surface area contributed by atoms with E-state index in [9.17, 15) is 14.4 Å². The van der Waals surface area contributed by atoms with Crippen LogP contribution in [0.3, 0.4) is 0 Å². The van der Waals surface area contributed by atoms with Gasteiger partial charge in [-0.1, -0.05) is 54.6 Å². The molecule has 3 aromatic rings. The standard InChI is InChI=1S/C32H39N5O4/c1-41-30(39)27(12-6-7-17-33)35-29(38)28(20-23-21-34-26-11-5-3-9-24(23)26)36-31(40)37-18-15-32(16-19-37)14-13-22-8-2-4-10-25(22)32/h2-5,8-11,13-14,21,27-28,34H,6-7,12,15-20,33H2,1H3,(H,35,38)(H,36,40)/t27?,28-/m1/s1. The minimum Gasteiger partial charge on any atom is -0.467 e. The minimum absolute atomic E-state index is 0.0501. The number of rotatable bonds is 10. The van der Waals surface area contributed by atoms with Crippen molar-refractivity contribution in [1.82, 2.24) is 20.5 Å². The summed E-state index contributed by atoms with van der Waals surface area (Å²) in [6, 6.07) is 14.3. The van der Waals surface area contributed by atoms with Gasteiger partial charge in [-0.2, -0.15) is 0 Å². The zero-order valence-electron chi connectivity index (χ0n) is 23.5. The maximum atomic E-state index is 13.6. The topological polar surface area (TPSA) is 130 Å². The number of ether oxygens (including phenoxy) is 1. The van der Waals surface area contributed by atoms with Crippen LogP contribution in [-0.4, -0.2) is 66.6 Å². The number of allylic oxidation sites excluding steroid dienone is 1. The average Bonchev–Trinajstić information content (AvgIpc) is 3.57. The molecular weight excluding hydrogens is 518 g/mol. The van der Waals surface area contributed by atoms with Crippen LogP contribution in [0, 0.1) is 0 Å². The highest BCUT2D eigenvalue weighted by molar-refractivity contribution is 5.92. The Morgan fingerprint density at radius 2 is 1.78 bits per heavy atom. The first-order valence-corrected chi connectivity index (χ1v) is 14.4. The molecule has 9 heteroatoms. The highest BCUT2D eigenvalue weighted by atomic mass is 16.5. The molecule has 1 unspecified atom stereocenters. The van der Waals surface area contributed by atoms with Crippen LogP contribution in [0.2, 0.25) is 0 Å². The number of hydrogen-bond acceptors (Lipinski definition) is 5. The summed E-state index contributed by atoms with van der Waals surface area (Å²) in [7, 11) is 1.30. The number of H-pyrrole nitrogens is 1. The number of piperidine rings is 1. The van der Waals surface area contributed by atoms with Gasteiger partial charge in [0.05, 0.1) is 7.11 Å². The van der Waals surface area contributed by atoms with Crippen molar-refractivity contribution in [1.29, 1.82) is 0 Å². The first-order chi connectivity index (χ1) is 19.9. The van der Waals surface area contributed by atoms with E-state index in [4.69, 9.17) is 10.5 Å². The summed E-state index contributed by atoms with van der Waals surface area (Å²) in [5, 5.41) is 6.81. The number of nitrogens with two attached hydrogens (primary N) is 1. The summed E-state index contributed by atoms with van der Waals surface area (Å²) in [6.45, 7) is 1.66. The highest BCUT2D eigenvalue weighted by Crippen LogP contribution is 2.43. The van der Waals surface area contributed by atoms with Crippen LogP contribution >= 0.6 is 0 Å². The number of hydrogen-bond donors (Lipinski definition) is 4. The van der Waals surface area contributed by atoms with Crippen molar-refractivity contribution >= 4 is 34.9 Å². The van der Waals surface area contributed by atoms with E-state index < -0.39 is 24.0 Å². The molecule has 2 aliphatic rings. The predicted molar refractivity (Wildman–Crippen MR) is 159 cm³/mol. The van der Waals surface area contributed by atoms with E-state index >= 15 is 0 Å². The van der Waals surface area contributed by atoms with Crippen molar-refractivity contribution in [2.75, 3.05) is 26.7 Å². The summed E-state index contributed by atoms with van der Waals surface area (Å²) < 4.78 is 4.94. The molecule has 3 amide bonds. The number of carbonyl (C=O) groups is 3. The van der Waals surface area contributed by atoms with Gasteiger partial charge in [-0.05, 0) is 61.4 Å². The third-order valence-corrected chi connectivity index (χ3v) is 8.48. The zero-order chi connectivity index (χ0) is 28.8. The number of nitrogens with one attached hydrogen (secondary N) is 3. The number of fused-ring (bicyclic) bond motifs is 3. The number of nitrogens with zero attached hydrogens (tertiary/aromatic N) is 1. The summed E-state index contributed by atoms with van der Waals surface area (Å²) in [5.41, 5.74) is 9.99. The average molecular weight is 558 g/mol. The van der Waals surface area contributed by atoms with Crippen molar-refractivity contribution in [3.8, 4) is 0 Å². The lowest BCUT2D eigenvalue weighted by Crippen LogP contribution is -2.56. The lowest BCUT2D eigenvalue weighted by Gasteiger charge is -2.39. The van der Waals surface area contributed by atoms with E-state index in [0.717, 1.165) is 35.7 Å². The number of aromatic amines is 1. The Kier molecular flexibility index (Phi) is 8.73. The third kappa shape index (κ3) is 6.15. The van der Waals surface area contributed by atoms with Gasteiger partial charge in [-0.25, -0.2) is 9.59 Å². The van der Waals surface area contributed by atoms with E-state index in [1.807, 2.05) is 36.5 Å². The van der Waals surface area contributed by atoms with Crippen LogP contribution in [0.15, 0.2) is 60.8 Å². The van der Waals surface area contributed by atoms with Gasteiger partial charge in [0, 0.05) is 42.0 Å². The number of carbonyl (C=O) groups excluding carboxylic acids is 3. The first kappa shape index (κ1) is 28.4. The van der Waals surface area contributed by atoms with Gasteiger partial charge in [-0.15, -0.1) is 0 Å². The van der Waals surface area contributed by atoms with Crippen molar-refractivity contribution in [2.24, 2.45) is 5.73 Å². The summed E-state index contributed by atoms with van der Waals surface area (Å²) in [4.78, 5) is 44.7. The molecule has 2 aromatic carbocycles. The molecule has 1 aliphatic heterocycles. The molecule has 41 heavy (non-hydrogen) atoms. The van der Waals surface area contributed by atoms with Crippen LogP contribution < -0.4 is 16.4 Å². The number of amides is 3. The number of likely N-dealkylation sites (tertiary alicyclic amines) is 1. The number of unbranched alkanes of at least 4 members (excludes halogenated alkanes) is 1. The lowest BCUT2D eigenvalue weighted by atomic mass is 9.74. The van der Waals surface area contributed by atoms with E-state index in [1.165, 1.54) is 18.2 Å². The quantitative estimate of drug-likeness (QED) is 0.223. The zero-order valence-corrected chi connectivity index (χ0v) is 23.5. The van der Waals surface area contributed by atoms with E-state index in [2.05, 4.69) is 46.0 Å². The number of benzene rings is 2. The molecule has 2 heterocycles. The first-order valence-electron chi connectivity index (χ1n) is 14.4. The second kappa shape index (κ2) is 12.6. The summed E-state index contributed by atoms with van der Waals surface area (Å²) in [6.07, 6.45) is 10.0. The summed E-state index contributed by atoms with van der Waals surface area (Å²) >= 11 is 0. The molecule has 1 aliphatic carbocycles. The van der Waals surface area contributed by atoms with Crippen LogP contribution in [0.5, 0.6) is 0 Å². The monoisotopic (exact) mass is 557 g/mol. The second-order valence-electron chi connectivity index (χ2n) is 11.0. The molecule has 216 valence electrons. The van der Waals surface area contributed by atoms with Gasteiger partial charge in [0.1, 0.15) is 12.1 Å². The molecule has 5 rings (SSSR count). The molecule has 1 fully saturated rings. The Morgan fingerprint density at radius 1 is 1.02 bits per heavy atom. The number of methoxy groups -OCH3 is 1. The van der Waals surface area contributed by atoms with Crippen LogP contribution in [0.1, 0.15) is 48.8 Å². The maximum Gasteiger partial charge on any atom is 0.328 e. The van der Waals surface area contributed by atoms with Gasteiger partial charge >= 0.3 is 12.0 Å². The van der Waals surface area contributed by atoms with Crippen LogP contribution in [0.25, 0.3) is 17.0 Å². The van der Waals surface area contributed by atoms with Gasteiger partial charge in [0.25, 0.3) is 0 Å². The third-order valence-electron chi connectivity index (χ3n) is 8.48. The molecule has 0 bridgehead atoms. The molecule has 1 aromatic heterocycles. The Bertz CT molecular complexity index is 1420. The highest BCUT2D eigenvalue weighted by Gasteiger charge is 2.39. The Labute approximate surface area is 240 Å². The lowest BCUT2D eigenvalue weighted by molar-refractivity contribution is -0.145. The molecule has 1 saturated heterocycles. The molecule has 0 radical (unpaired) electrons. The van der Waals surface area contributed by atoms with Gasteiger partial charge in [-0.3, -0.25) is 4.79 Å². The maximum absolute atomic E-state index is 13.6. The van der Waals surface area contributed by atoms with E-state index in [1.54, 1.807) is 4.90 Å². The van der Waals surface area contributed by atoms with Crippen molar-refractivity contribution in [3.63, 3.8) is 0 Å². The van der Waals surface area contributed by atoms with Crippen molar-refractivity contribution in [2.45, 2.75) is 56.0 Å². The van der Waals surface area contributed by atoms with Gasteiger partial charge in [0.15, 0.2) is 0 Å². The van der Waals surface area contributed by atoms with Crippen LogP contribution in [-0.2, 0) is 26.2 Å². The molecule has 5 N–H and O–H groups in total. The molecule has 1 spiro atoms. The number of urea groups is 1. The van der Waals surface area contributed by atoms with E-state index in [0.29, 0.717) is 32.5 Å². The normalized spacial score (nSPS) is 16.8. The van der Waals surface area contributed by atoms with Crippen molar-refractivity contribution in [3.05, 3.63) is 77.5 Å². The predicted octanol–water partition coefficient (Wildman–Crippen LogP) is 3.64. The Hall–Kier alpha value is -4.11. The Balaban J connectivity index is 1.30. The fourth-order valence-electron chi connectivity index (χ4n) is 6.11. The minimum atomic E-state index is -0.883. The largest absolute Gasteiger partial charge is 0.467 e. The fourth-order valence-corrected chi connectivity index (χ4v) is 6.11. The Morgan fingerprint density at radius 3 is 2.56 bits per heavy atom. The fraction of sp³-hybridized carbons (Fsp3) is 0.406. The molecule has 9 nitrogen and oxygen atoms in total. The number of para-hydroxylation sites is 1. The number of esters is 1. The summed E-state index contributed by atoms with van der Waals surface area (Å²) in [5.74, 6) is -0.938. The second-order valence-corrected chi connectivity index (χ2v) is 11.0. The SMILES string of the molecule is COC(=O)C(CCCCN)NC(=O)[C@@H](Cc1c[nH]c2ccccc12)NC(=O)N1CCC2(C=Cc3ccccc32)CC1. The number of aromatic nitrogens is 1.